The van der Waals surface area contributed by atoms with Gasteiger partial charge in [0.25, 0.3) is 5.91 Å². The lowest BCUT2D eigenvalue weighted by atomic mass is 9.95. The third-order valence-corrected chi connectivity index (χ3v) is 6.91. The van der Waals surface area contributed by atoms with Gasteiger partial charge in [-0.15, -0.1) is 0 Å². The highest BCUT2D eigenvalue weighted by atomic mass is 19.4. The van der Waals surface area contributed by atoms with Crippen LogP contribution >= 0.6 is 0 Å². The van der Waals surface area contributed by atoms with Crippen LogP contribution in [0.5, 0.6) is 0 Å². The van der Waals surface area contributed by atoms with Crippen LogP contribution < -0.4 is 15.5 Å². The van der Waals surface area contributed by atoms with Crippen LogP contribution in [0.15, 0.2) is 54.7 Å². The van der Waals surface area contributed by atoms with Crippen molar-refractivity contribution in [1.29, 1.82) is 0 Å². The van der Waals surface area contributed by atoms with Crippen molar-refractivity contribution < 1.29 is 32.2 Å². The first-order valence-electron chi connectivity index (χ1n) is 14.4. The molecule has 9 nitrogen and oxygen atoms in total. The van der Waals surface area contributed by atoms with Crippen molar-refractivity contribution in [3.05, 3.63) is 77.1 Å². The topological polar surface area (TPSA) is 106 Å². The standard InChI is InChI=1S/C32H38F3N5O4/c1-19-17-40(18-20(2)43-19)29-36-14-13-27(39-29)28(41)38-21(3)22-7-9-23(10-8-22)26-15-25(32(33,34)35)12-11-24(26)16-37-30(42)44-31(4,5)6/h7-15,19-21H,16-18H2,1-6H3,(H,37,42)(H,38,41)/t19-,20-,21-/m1/s1. The van der Waals surface area contributed by atoms with Crippen LogP contribution in [0.4, 0.5) is 23.9 Å². The zero-order chi connectivity index (χ0) is 32.2. The van der Waals surface area contributed by atoms with Crippen LogP contribution in [0, 0.1) is 0 Å². The maximum absolute atomic E-state index is 13.6. The highest BCUT2D eigenvalue weighted by Gasteiger charge is 2.31. The maximum atomic E-state index is 13.6. The zero-order valence-corrected chi connectivity index (χ0v) is 25.7. The molecule has 1 aromatic heterocycles. The summed E-state index contributed by atoms with van der Waals surface area (Å²) in [4.78, 5) is 36.0. The second-order valence-electron chi connectivity index (χ2n) is 11.9. The Bertz CT molecular complexity index is 1460. The Kier molecular flexibility index (Phi) is 9.82. The molecular formula is C32H38F3N5O4. The van der Waals surface area contributed by atoms with Gasteiger partial charge in [-0.2, -0.15) is 13.2 Å². The molecule has 2 amide bonds. The summed E-state index contributed by atoms with van der Waals surface area (Å²) < 4.78 is 51.7. The van der Waals surface area contributed by atoms with Crippen molar-refractivity contribution in [2.24, 2.45) is 0 Å². The molecule has 1 aliphatic rings. The highest BCUT2D eigenvalue weighted by Crippen LogP contribution is 2.34. The fourth-order valence-electron chi connectivity index (χ4n) is 4.93. The molecule has 0 saturated carbocycles. The predicted molar refractivity (Wildman–Crippen MR) is 160 cm³/mol. The van der Waals surface area contributed by atoms with Crippen LogP contribution in [0.25, 0.3) is 11.1 Å². The van der Waals surface area contributed by atoms with E-state index in [4.69, 9.17) is 9.47 Å². The van der Waals surface area contributed by atoms with Crippen LogP contribution in [-0.4, -0.2) is 52.9 Å². The number of halogens is 3. The lowest BCUT2D eigenvalue weighted by Crippen LogP contribution is -2.46. The van der Waals surface area contributed by atoms with Gasteiger partial charge in [0.15, 0.2) is 0 Å². The average Bonchev–Trinajstić information content (AvgIpc) is 2.94. The van der Waals surface area contributed by atoms with E-state index in [-0.39, 0.29) is 30.4 Å². The normalized spacial score (nSPS) is 18.0. The van der Waals surface area contributed by atoms with Crippen LogP contribution in [0.3, 0.4) is 0 Å². The van der Waals surface area contributed by atoms with Gasteiger partial charge < -0.3 is 25.0 Å². The summed E-state index contributed by atoms with van der Waals surface area (Å²) in [5, 5.41) is 5.54. The Morgan fingerprint density at radius 3 is 2.32 bits per heavy atom. The minimum Gasteiger partial charge on any atom is -0.444 e. The van der Waals surface area contributed by atoms with E-state index < -0.39 is 29.5 Å². The number of benzene rings is 2. The Hall–Kier alpha value is -4.19. The first-order chi connectivity index (χ1) is 20.6. The van der Waals surface area contributed by atoms with Gasteiger partial charge in [0, 0.05) is 25.8 Å². The third-order valence-electron chi connectivity index (χ3n) is 6.91. The van der Waals surface area contributed by atoms with Gasteiger partial charge in [-0.1, -0.05) is 30.3 Å². The molecule has 12 heteroatoms. The molecule has 236 valence electrons. The van der Waals surface area contributed by atoms with Gasteiger partial charge in [-0.3, -0.25) is 4.79 Å². The molecule has 0 unspecified atom stereocenters. The number of hydrogen-bond donors (Lipinski definition) is 2. The molecule has 3 aromatic rings. The van der Waals surface area contributed by atoms with E-state index in [1.807, 2.05) is 18.7 Å². The minimum absolute atomic E-state index is 0.0103. The lowest BCUT2D eigenvalue weighted by Gasteiger charge is -2.35. The van der Waals surface area contributed by atoms with Gasteiger partial charge >= 0.3 is 12.3 Å². The molecule has 1 fully saturated rings. The molecule has 44 heavy (non-hydrogen) atoms. The Labute approximate surface area is 255 Å². The van der Waals surface area contributed by atoms with Gasteiger partial charge in [0.05, 0.1) is 23.8 Å². The predicted octanol–water partition coefficient (Wildman–Crippen LogP) is 6.29. The summed E-state index contributed by atoms with van der Waals surface area (Å²) in [5.74, 6) is 0.0719. The first-order valence-corrected chi connectivity index (χ1v) is 14.4. The molecule has 1 aliphatic heterocycles. The largest absolute Gasteiger partial charge is 0.444 e. The monoisotopic (exact) mass is 613 g/mol. The fourth-order valence-corrected chi connectivity index (χ4v) is 4.93. The van der Waals surface area contributed by atoms with E-state index in [9.17, 15) is 22.8 Å². The molecule has 1 saturated heterocycles. The number of carbonyl (C=O) groups is 2. The molecule has 2 aromatic carbocycles. The van der Waals surface area contributed by atoms with Gasteiger partial charge in [0.1, 0.15) is 11.3 Å². The van der Waals surface area contributed by atoms with Gasteiger partial charge in [-0.05, 0) is 82.0 Å². The Morgan fingerprint density at radius 2 is 1.70 bits per heavy atom. The average molecular weight is 614 g/mol. The molecule has 0 spiro atoms. The number of alkyl halides is 3. The van der Waals surface area contributed by atoms with Gasteiger partial charge in [-0.25, -0.2) is 14.8 Å². The first kappa shape index (κ1) is 32.7. The van der Waals surface area contributed by atoms with Gasteiger partial charge in [0.2, 0.25) is 5.95 Å². The van der Waals surface area contributed by atoms with E-state index in [1.54, 1.807) is 64.2 Å². The minimum atomic E-state index is -4.54. The molecule has 2 N–H and O–H groups in total. The molecule has 2 heterocycles. The van der Waals surface area contributed by atoms with Crippen molar-refractivity contribution >= 4 is 17.9 Å². The fraction of sp³-hybridized carbons (Fsp3) is 0.438. The smallest absolute Gasteiger partial charge is 0.416 e. The van der Waals surface area contributed by atoms with Crippen molar-refractivity contribution in [2.45, 2.75) is 78.1 Å². The Morgan fingerprint density at radius 1 is 1.05 bits per heavy atom. The summed E-state index contributed by atoms with van der Waals surface area (Å²) in [6.07, 6.45) is -3.64. The molecule has 4 rings (SSSR count). The third kappa shape index (κ3) is 8.68. The quantitative estimate of drug-likeness (QED) is 0.323. The number of alkyl carbamates (subject to hydrolysis) is 1. The van der Waals surface area contributed by atoms with Crippen LogP contribution in [-0.2, 0) is 22.2 Å². The molecule has 0 bridgehead atoms. The summed E-state index contributed by atoms with van der Waals surface area (Å²) >= 11 is 0. The van der Waals surface area contributed by atoms with E-state index in [2.05, 4.69) is 20.6 Å². The number of anilines is 1. The molecule has 0 aliphatic carbocycles. The number of carbonyl (C=O) groups excluding carboxylic acids is 2. The summed E-state index contributed by atoms with van der Waals surface area (Å²) in [5.41, 5.74) is 0.771. The van der Waals surface area contributed by atoms with Crippen LogP contribution in [0.2, 0.25) is 0 Å². The second kappa shape index (κ2) is 13.2. The SMILES string of the molecule is C[C@@H]1CN(c2nccc(C(=O)N[C@H](C)c3ccc(-c4cc(C(F)(F)F)ccc4CNC(=O)OC(C)(C)C)cc3)n2)C[C@@H](C)O1. The van der Waals surface area contributed by atoms with E-state index >= 15 is 0 Å². The van der Waals surface area contributed by atoms with Crippen molar-refractivity contribution in [2.75, 3.05) is 18.0 Å². The molecule has 0 radical (unpaired) electrons. The lowest BCUT2D eigenvalue weighted by molar-refractivity contribution is -0.137. The Balaban J connectivity index is 1.49. The maximum Gasteiger partial charge on any atom is 0.416 e. The molecule has 3 atom stereocenters. The molecular weight excluding hydrogens is 575 g/mol. The zero-order valence-electron chi connectivity index (χ0n) is 25.7. The van der Waals surface area contributed by atoms with E-state index in [0.29, 0.717) is 35.7 Å². The summed E-state index contributed by atoms with van der Waals surface area (Å²) in [6, 6.07) is 11.4. The van der Waals surface area contributed by atoms with Crippen molar-refractivity contribution in [3.63, 3.8) is 0 Å². The number of nitrogens with zero attached hydrogens (tertiary/aromatic N) is 3. The summed E-state index contributed by atoms with van der Waals surface area (Å²) in [7, 11) is 0. The van der Waals surface area contributed by atoms with E-state index in [0.717, 1.165) is 17.7 Å². The summed E-state index contributed by atoms with van der Waals surface area (Å²) in [6.45, 7) is 12.1. The number of amides is 2. The number of rotatable bonds is 7. The number of ether oxygens (including phenoxy) is 2. The number of morpholine rings is 1. The van der Waals surface area contributed by atoms with Crippen LogP contribution in [0.1, 0.15) is 74.8 Å². The highest BCUT2D eigenvalue weighted by molar-refractivity contribution is 5.92. The second-order valence-corrected chi connectivity index (χ2v) is 11.9. The van der Waals surface area contributed by atoms with Crippen molar-refractivity contribution in [1.82, 2.24) is 20.6 Å². The number of nitrogens with one attached hydrogen (secondary N) is 2. The van der Waals surface area contributed by atoms with Crippen molar-refractivity contribution in [3.8, 4) is 11.1 Å². The number of hydrogen-bond acceptors (Lipinski definition) is 7. The number of aromatic nitrogens is 2. The van der Waals surface area contributed by atoms with E-state index in [1.165, 1.54) is 6.07 Å².